The van der Waals surface area contributed by atoms with Crippen LogP contribution in [0.3, 0.4) is 0 Å². The van der Waals surface area contributed by atoms with Crippen LogP contribution in [-0.2, 0) is 0 Å². The third-order valence-corrected chi connectivity index (χ3v) is 3.55. The van der Waals surface area contributed by atoms with Gasteiger partial charge < -0.3 is 15.2 Å². The number of aromatic nitrogens is 4. The summed E-state index contributed by atoms with van der Waals surface area (Å²) in [6.07, 6.45) is 0.563. The van der Waals surface area contributed by atoms with E-state index in [4.69, 9.17) is 4.52 Å². The third kappa shape index (κ3) is 4.32. The lowest BCUT2D eigenvalue weighted by molar-refractivity contribution is 0.0939. The number of nitrogens with zero attached hydrogens (tertiary/aromatic N) is 3. The molecule has 0 aliphatic rings. The molecule has 9 nitrogen and oxygen atoms in total. The second kappa shape index (κ2) is 8.06. The summed E-state index contributed by atoms with van der Waals surface area (Å²) in [6, 6.07) is 11.3. The Labute approximate surface area is 149 Å². The van der Waals surface area contributed by atoms with Crippen molar-refractivity contribution in [2.45, 2.75) is 13.3 Å². The second-order valence-corrected chi connectivity index (χ2v) is 5.54. The number of aryl methyl sites for hydroxylation is 1. The van der Waals surface area contributed by atoms with Gasteiger partial charge in [-0.1, -0.05) is 35.5 Å². The van der Waals surface area contributed by atoms with Crippen LogP contribution in [0.4, 0.5) is 0 Å². The van der Waals surface area contributed by atoms with Gasteiger partial charge in [0.05, 0.1) is 5.69 Å². The van der Waals surface area contributed by atoms with Crippen LogP contribution in [0.5, 0.6) is 0 Å². The first kappa shape index (κ1) is 17.3. The normalized spacial score (nSPS) is 10.5. The number of H-pyrrole nitrogens is 1. The molecule has 2 aromatic heterocycles. The molecule has 0 saturated heterocycles. The molecule has 0 radical (unpaired) electrons. The first-order valence-electron chi connectivity index (χ1n) is 8.11. The minimum Gasteiger partial charge on any atom is -0.351 e. The van der Waals surface area contributed by atoms with Gasteiger partial charge in [-0.05, 0) is 12.5 Å². The molecule has 0 bridgehead atoms. The highest BCUT2D eigenvalue weighted by Crippen LogP contribution is 2.16. The molecular weight excluding hydrogens is 336 g/mol. The van der Waals surface area contributed by atoms with Crippen LogP contribution in [0.2, 0.25) is 0 Å². The van der Waals surface area contributed by atoms with E-state index in [9.17, 15) is 9.59 Å². The Morgan fingerprint density at radius 1 is 1.12 bits per heavy atom. The lowest BCUT2D eigenvalue weighted by Gasteiger charge is -2.04. The van der Waals surface area contributed by atoms with E-state index in [0.29, 0.717) is 36.8 Å². The van der Waals surface area contributed by atoms with Crippen LogP contribution in [0, 0.1) is 6.92 Å². The number of carbonyl (C=O) groups excluding carboxylic acids is 2. The Bertz CT molecular complexity index is 887. The van der Waals surface area contributed by atoms with Crippen molar-refractivity contribution in [3.8, 4) is 11.3 Å². The van der Waals surface area contributed by atoms with Gasteiger partial charge in [0.1, 0.15) is 5.69 Å². The van der Waals surface area contributed by atoms with Gasteiger partial charge in [0, 0.05) is 25.6 Å². The molecule has 2 heterocycles. The van der Waals surface area contributed by atoms with Crippen molar-refractivity contribution >= 4 is 11.8 Å². The quantitative estimate of drug-likeness (QED) is 0.549. The molecular formula is C17H18N6O3. The lowest BCUT2D eigenvalue weighted by Crippen LogP contribution is -2.30. The van der Waals surface area contributed by atoms with Crippen molar-refractivity contribution < 1.29 is 14.1 Å². The van der Waals surface area contributed by atoms with Gasteiger partial charge >= 0.3 is 0 Å². The predicted molar refractivity (Wildman–Crippen MR) is 92.3 cm³/mol. The Hall–Kier alpha value is -3.49. The molecule has 0 fully saturated rings. The molecule has 0 unspecified atom stereocenters. The Morgan fingerprint density at radius 2 is 1.85 bits per heavy atom. The van der Waals surface area contributed by atoms with E-state index in [-0.39, 0.29) is 11.7 Å². The van der Waals surface area contributed by atoms with Crippen LogP contribution in [0.25, 0.3) is 11.3 Å². The molecule has 0 spiro atoms. The fraction of sp³-hybridized carbons (Fsp3) is 0.235. The van der Waals surface area contributed by atoms with Gasteiger partial charge in [0.15, 0.2) is 0 Å². The van der Waals surface area contributed by atoms with E-state index in [1.165, 1.54) is 0 Å². The maximum absolute atomic E-state index is 12.1. The lowest BCUT2D eigenvalue weighted by atomic mass is 10.1. The van der Waals surface area contributed by atoms with Gasteiger partial charge in [-0.3, -0.25) is 14.7 Å². The number of rotatable bonds is 7. The zero-order valence-electron chi connectivity index (χ0n) is 14.2. The molecule has 3 N–H and O–H groups in total. The topological polar surface area (TPSA) is 126 Å². The molecule has 26 heavy (non-hydrogen) atoms. The van der Waals surface area contributed by atoms with Gasteiger partial charge in [0.2, 0.25) is 5.89 Å². The summed E-state index contributed by atoms with van der Waals surface area (Å²) in [5.41, 5.74) is 2.02. The minimum atomic E-state index is -0.408. The van der Waals surface area contributed by atoms with Crippen LogP contribution >= 0.6 is 0 Å². The zero-order chi connectivity index (χ0) is 18.4. The molecule has 0 atom stereocenters. The Morgan fingerprint density at radius 3 is 2.54 bits per heavy atom. The van der Waals surface area contributed by atoms with Crippen molar-refractivity contribution in [1.29, 1.82) is 0 Å². The first-order chi connectivity index (χ1) is 12.6. The van der Waals surface area contributed by atoms with Crippen molar-refractivity contribution in [2.24, 2.45) is 0 Å². The highest BCUT2D eigenvalue weighted by atomic mass is 16.5. The number of amides is 2. The molecule has 3 aromatic rings. The Balaban J connectivity index is 1.40. The van der Waals surface area contributed by atoms with Gasteiger partial charge in [-0.2, -0.15) is 10.1 Å². The summed E-state index contributed by atoms with van der Waals surface area (Å²) in [6.45, 7) is 2.40. The van der Waals surface area contributed by atoms with Crippen molar-refractivity contribution in [2.75, 3.05) is 13.1 Å². The average molecular weight is 354 g/mol. The molecule has 3 rings (SSSR count). The maximum Gasteiger partial charge on any atom is 0.292 e. The summed E-state index contributed by atoms with van der Waals surface area (Å²) in [4.78, 5) is 27.7. The van der Waals surface area contributed by atoms with E-state index in [1.807, 2.05) is 30.3 Å². The molecule has 0 aliphatic heterocycles. The fourth-order valence-corrected chi connectivity index (χ4v) is 2.25. The van der Waals surface area contributed by atoms with Crippen molar-refractivity contribution in [3.63, 3.8) is 0 Å². The summed E-state index contributed by atoms with van der Waals surface area (Å²) in [5, 5.41) is 15.8. The van der Waals surface area contributed by atoms with E-state index in [1.54, 1.807) is 13.0 Å². The smallest absolute Gasteiger partial charge is 0.292 e. The van der Waals surface area contributed by atoms with Crippen molar-refractivity contribution in [3.05, 3.63) is 53.8 Å². The number of hydrogen-bond donors (Lipinski definition) is 3. The van der Waals surface area contributed by atoms with Crippen molar-refractivity contribution in [1.82, 2.24) is 31.0 Å². The van der Waals surface area contributed by atoms with Gasteiger partial charge in [-0.25, -0.2) is 0 Å². The monoisotopic (exact) mass is 354 g/mol. The number of carbonyl (C=O) groups is 2. The van der Waals surface area contributed by atoms with E-state index < -0.39 is 5.91 Å². The third-order valence-electron chi connectivity index (χ3n) is 3.55. The highest BCUT2D eigenvalue weighted by Gasteiger charge is 2.12. The molecule has 0 aliphatic carbocycles. The minimum absolute atomic E-state index is 0.00237. The fourth-order valence-electron chi connectivity index (χ4n) is 2.25. The van der Waals surface area contributed by atoms with Crippen LogP contribution in [0.1, 0.15) is 33.4 Å². The summed E-state index contributed by atoms with van der Waals surface area (Å²) in [7, 11) is 0. The van der Waals surface area contributed by atoms with E-state index >= 15 is 0 Å². The highest BCUT2D eigenvalue weighted by molar-refractivity contribution is 5.93. The zero-order valence-corrected chi connectivity index (χ0v) is 14.2. The van der Waals surface area contributed by atoms with E-state index in [0.717, 1.165) is 5.56 Å². The maximum atomic E-state index is 12.1. The number of hydrogen-bond acceptors (Lipinski definition) is 6. The van der Waals surface area contributed by atoms with Crippen LogP contribution in [0.15, 0.2) is 40.9 Å². The molecule has 9 heteroatoms. The summed E-state index contributed by atoms with van der Waals surface area (Å²) >= 11 is 0. The standard InChI is InChI=1S/C17H18N6O3/c1-11-20-15(23-26-11)17(25)19-9-5-8-18-16(24)14-10-13(21-22-14)12-6-3-2-4-7-12/h2-4,6-7,10H,5,8-9H2,1H3,(H,18,24)(H,19,25)(H,21,22). The van der Waals surface area contributed by atoms with E-state index in [2.05, 4.69) is 31.0 Å². The SMILES string of the molecule is Cc1nc(C(=O)NCCCNC(=O)c2cc(-c3ccccc3)n[nH]2)no1. The molecule has 2 amide bonds. The number of nitrogens with one attached hydrogen (secondary N) is 3. The van der Waals surface area contributed by atoms with Gasteiger partial charge in [-0.15, -0.1) is 0 Å². The summed E-state index contributed by atoms with van der Waals surface area (Å²) < 4.78 is 4.74. The second-order valence-electron chi connectivity index (χ2n) is 5.54. The molecule has 0 saturated carbocycles. The average Bonchev–Trinajstić information content (AvgIpc) is 3.31. The van der Waals surface area contributed by atoms with Crippen LogP contribution in [-0.4, -0.2) is 45.2 Å². The largest absolute Gasteiger partial charge is 0.351 e. The first-order valence-corrected chi connectivity index (χ1v) is 8.11. The van der Waals surface area contributed by atoms with Gasteiger partial charge in [0.25, 0.3) is 17.6 Å². The Kier molecular flexibility index (Phi) is 5.37. The summed E-state index contributed by atoms with van der Waals surface area (Å²) in [5.74, 6) is -0.330. The van der Waals surface area contributed by atoms with Crippen LogP contribution < -0.4 is 10.6 Å². The number of benzene rings is 1. The molecule has 134 valence electrons. The molecule has 1 aromatic carbocycles. The predicted octanol–water partition coefficient (Wildman–Crippen LogP) is 1.32. The number of aromatic amines is 1.